The molecule has 0 bridgehead atoms. The van der Waals surface area contributed by atoms with E-state index in [-0.39, 0.29) is 6.10 Å². The zero-order valence-corrected chi connectivity index (χ0v) is 10.3. The summed E-state index contributed by atoms with van der Waals surface area (Å²) in [4.78, 5) is 0. The van der Waals surface area contributed by atoms with Gasteiger partial charge < -0.3 is 10.1 Å². The van der Waals surface area contributed by atoms with E-state index in [4.69, 9.17) is 4.74 Å². The number of aromatic amines is 1. The summed E-state index contributed by atoms with van der Waals surface area (Å²) in [5.74, 6) is 0.699. The van der Waals surface area contributed by atoms with Gasteiger partial charge in [0.15, 0.2) is 0 Å². The van der Waals surface area contributed by atoms with E-state index in [1.165, 1.54) is 0 Å². The molecule has 0 saturated carbocycles. The SMILES string of the molecule is Brc1cccc2c(OC3CCNC3)n[nH]c12. The molecule has 2 N–H and O–H groups in total. The van der Waals surface area contributed by atoms with Gasteiger partial charge in [0.05, 0.1) is 10.9 Å². The van der Waals surface area contributed by atoms with E-state index in [0.29, 0.717) is 5.88 Å². The van der Waals surface area contributed by atoms with Gasteiger partial charge in [-0.15, -0.1) is 5.10 Å². The van der Waals surface area contributed by atoms with Crippen molar-refractivity contribution in [1.82, 2.24) is 15.5 Å². The summed E-state index contributed by atoms with van der Waals surface area (Å²) in [5, 5.41) is 11.5. The number of aromatic nitrogens is 2. The summed E-state index contributed by atoms with van der Waals surface area (Å²) in [7, 11) is 0. The summed E-state index contributed by atoms with van der Waals surface area (Å²) in [6.07, 6.45) is 1.29. The normalized spacial score (nSPS) is 20.4. The first-order valence-corrected chi connectivity index (χ1v) is 6.14. The molecule has 1 atom stereocenters. The first kappa shape index (κ1) is 10.1. The van der Waals surface area contributed by atoms with E-state index in [1.54, 1.807) is 0 Å². The summed E-state index contributed by atoms with van der Waals surface area (Å²) < 4.78 is 6.87. The number of hydrogen-bond acceptors (Lipinski definition) is 3. The molecule has 1 fully saturated rings. The molecule has 0 aliphatic carbocycles. The smallest absolute Gasteiger partial charge is 0.240 e. The second kappa shape index (κ2) is 4.07. The quantitative estimate of drug-likeness (QED) is 0.886. The molecule has 5 heteroatoms. The fraction of sp³-hybridized carbons (Fsp3) is 0.364. The lowest BCUT2D eigenvalue weighted by Gasteiger charge is -2.09. The number of ether oxygens (including phenoxy) is 1. The predicted molar refractivity (Wildman–Crippen MR) is 65.7 cm³/mol. The number of halogens is 1. The highest BCUT2D eigenvalue weighted by Crippen LogP contribution is 2.29. The zero-order valence-electron chi connectivity index (χ0n) is 8.66. The van der Waals surface area contributed by atoms with Crippen LogP contribution >= 0.6 is 15.9 Å². The van der Waals surface area contributed by atoms with Crippen molar-refractivity contribution in [2.45, 2.75) is 12.5 Å². The van der Waals surface area contributed by atoms with Gasteiger partial charge in [-0.3, -0.25) is 5.10 Å². The van der Waals surface area contributed by atoms with Crippen LogP contribution in [0.2, 0.25) is 0 Å². The molecule has 0 spiro atoms. The molecule has 0 amide bonds. The van der Waals surface area contributed by atoms with Crippen molar-refractivity contribution in [3.05, 3.63) is 22.7 Å². The number of nitrogens with zero attached hydrogens (tertiary/aromatic N) is 1. The molecule has 1 aromatic carbocycles. The van der Waals surface area contributed by atoms with Gasteiger partial charge in [0.2, 0.25) is 5.88 Å². The average Bonchev–Trinajstić information content (AvgIpc) is 2.90. The third kappa shape index (κ3) is 1.70. The van der Waals surface area contributed by atoms with Gasteiger partial charge in [-0.2, -0.15) is 0 Å². The van der Waals surface area contributed by atoms with Crippen molar-refractivity contribution in [1.29, 1.82) is 0 Å². The minimum atomic E-state index is 0.241. The van der Waals surface area contributed by atoms with Crippen molar-refractivity contribution >= 4 is 26.8 Å². The van der Waals surface area contributed by atoms with E-state index in [2.05, 4.69) is 31.4 Å². The molecule has 1 saturated heterocycles. The van der Waals surface area contributed by atoms with Crippen molar-refractivity contribution in [3.63, 3.8) is 0 Å². The molecule has 4 nitrogen and oxygen atoms in total. The Kier molecular flexibility index (Phi) is 2.57. The molecular formula is C11H12BrN3O. The van der Waals surface area contributed by atoms with Crippen LogP contribution in [0.5, 0.6) is 5.88 Å². The Morgan fingerprint density at radius 1 is 1.44 bits per heavy atom. The molecule has 16 heavy (non-hydrogen) atoms. The molecule has 3 rings (SSSR count). The molecule has 2 heterocycles. The maximum Gasteiger partial charge on any atom is 0.240 e. The van der Waals surface area contributed by atoms with E-state index in [0.717, 1.165) is 34.9 Å². The highest BCUT2D eigenvalue weighted by molar-refractivity contribution is 9.10. The molecule has 2 aromatic rings. The second-order valence-electron chi connectivity index (χ2n) is 3.92. The van der Waals surface area contributed by atoms with Crippen molar-refractivity contribution in [3.8, 4) is 5.88 Å². The number of nitrogens with one attached hydrogen (secondary N) is 2. The van der Waals surface area contributed by atoms with Crippen molar-refractivity contribution in [2.75, 3.05) is 13.1 Å². The first-order valence-electron chi connectivity index (χ1n) is 5.34. The van der Waals surface area contributed by atoms with Gasteiger partial charge in [-0.05, 0) is 41.0 Å². The van der Waals surface area contributed by atoms with Crippen LogP contribution in [0.4, 0.5) is 0 Å². The number of rotatable bonds is 2. The molecular weight excluding hydrogens is 270 g/mol. The van der Waals surface area contributed by atoms with Crippen LogP contribution in [0.3, 0.4) is 0 Å². The van der Waals surface area contributed by atoms with Crippen LogP contribution in [0.25, 0.3) is 10.9 Å². The largest absolute Gasteiger partial charge is 0.471 e. The topological polar surface area (TPSA) is 49.9 Å². The Morgan fingerprint density at radius 2 is 2.38 bits per heavy atom. The summed E-state index contributed by atoms with van der Waals surface area (Å²) in [6, 6.07) is 5.99. The number of benzene rings is 1. The minimum Gasteiger partial charge on any atom is -0.471 e. The number of fused-ring (bicyclic) bond motifs is 1. The lowest BCUT2D eigenvalue weighted by Crippen LogP contribution is -2.19. The van der Waals surface area contributed by atoms with Gasteiger partial charge in [-0.25, -0.2) is 0 Å². The van der Waals surface area contributed by atoms with E-state index in [9.17, 15) is 0 Å². The lowest BCUT2D eigenvalue weighted by molar-refractivity contribution is 0.216. The maximum absolute atomic E-state index is 5.86. The minimum absolute atomic E-state index is 0.241. The van der Waals surface area contributed by atoms with Crippen molar-refractivity contribution in [2.24, 2.45) is 0 Å². The number of H-pyrrole nitrogens is 1. The van der Waals surface area contributed by atoms with Gasteiger partial charge >= 0.3 is 0 Å². The molecule has 1 aliphatic rings. The standard InChI is InChI=1S/C11H12BrN3O/c12-9-3-1-2-8-10(9)14-15-11(8)16-7-4-5-13-6-7/h1-3,7,13H,4-6H2,(H,14,15). The van der Waals surface area contributed by atoms with E-state index < -0.39 is 0 Å². The molecule has 1 unspecified atom stereocenters. The highest BCUT2D eigenvalue weighted by atomic mass is 79.9. The van der Waals surface area contributed by atoms with Crippen LogP contribution in [0.15, 0.2) is 22.7 Å². The maximum atomic E-state index is 5.86. The van der Waals surface area contributed by atoms with Gasteiger partial charge in [0, 0.05) is 11.0 Å². The van der Waals surface area contributed by atoms with Crippen LogP contribution < -0.4 is 10.1 Å². The average molecular weight is 282 g/mol. The van der Waals surface area contributed by atoms with Gasteiger partial charge in [0.25, 0.3) is 0 Å². The predicted octanol–water partition coefficient (Wildman–Crippen LogP) is 2.07. The Hall–Kier alpha value is -1.07. The Balaban J connectivity index is 1.94. The first-order chi connectivity index (χ1) is 7.84. The van der Waals surface area contributed by atoms with Crippen LogP contribution in [0.1, 0.15) is 6.42 Å². The van der Waals surface area contributed by atoms with Crippen molar-refractivity contribution < 1.29 is 4.74 Å². The Morgan fingerprint density at radius 3 is 3.19 bits per heavy atom. The summed E-state index contributed by atoms with van der Waals surface area (Å²) >= 11 is 3.48. The highest BCUT2D eigenvalue weighted by Gasteiger charge is 2.18. The number of hydrogen-bond donors (Lipinski definition) is 2. The third-order valence-electron chi connectivity index (χ3n) is 2.81. The Labute approximate surface area is 101 Å². The van der Waals surface area contributed by atoms with Crippen LogP contribution in [-0.2, 0) is 0 Å². The fourth-order valence-corrected chi connectivity index (χ4v) is 2.41. The van der Waals surface area contributed by atoms with Gasteiger partial charge in [0.1, 0.15) is 6.10 Å². The lowest BCUT2D eigenvalue weighted by atomic mass is 10.2. The summed E-state index contributed by atoms with van der Waals surface area (Å²) in [5.41, 5.74) is 0.989. The van der Waals surface area contributed by atoms with E-state index in [1.807, 2.05) is 18.2 Å². The van der Waals surface area contributed by atoms with Crippen LogP contribution in [0, 0.1) is 0 Å². The number of para-hydroxylation sites is 1. The van der Waals surface area contributed by atoms with E-state index >= 15 is 0 Å². The fourth-order valence-electron chi connectivity index (χ4n) is 1.96. The Bertz CT molecular complexity index is 505. The molecule has 1 aliphatic heterocycles. The summed E-state index contributed by atoms with van der Waals surface area (Å²) in [6.45, 7) is 1.93. The third-order valence-corrected chi connectivity index (χ3v) is 3.47. The molecule has 84 valence electrons. The second-order valence-corrected chi connectivity index (χ2v) is 4.78. The van der Waals surface area contributed by atoms with Crippen LogP contribution in [-0.4, -0.2) is 29.4 Å². The zero-order chi connectivity index (χ0) is 11.0. The molecule has 0 radical (unpaired) electrons. The molecule has 1 aromatic heterocycles. The van der Waals surface area contributed by atoms with Gasteiger partial charge in [-0.1, -0.05) is 6.07 Å². The monoisotopic (exact) mass is 281 g/mol.